The van der Waals surface area contributed by atoms with E-state index in [1.54, 1.807) is 36.3 Å². The van der Waals surface area contributed by atoms with Gasteiger partial charge in [0, 0.05) is 48.5 Å². The lowest BCUT2D eigenvalue weighted by atomic mass is 9.82. The van der Waals surface area contributed by atoms with E-state index in [1.165, 1.54) is 0 Å². The first-order chi connectivity index (χ1) is 20.4. The molecule has 8 nitrogen and oxygen atoms in total. The molecule has 0 N–H and O–H groups in total. The van der Waals surface area contributed by atoms with Gasteiger partial charge in [0.05, 0.1) is 19.1 Å². The minimum Gasteiger partial charge on any atom is -0.497 e. The highest BCUT2D eigenvalue weighted by Gasteiger charge is 2.44. The Kier molecular flexibility index (Phi) is 7.03. The molecule has 1 spiro atoms. The van der Waals surface area contributed by atoms with Crippen LogP contribution >= 0.6 is 0 Å². The molecule has 0 aliphatic carbocycles. The molecule has 2 aliphatic heterocycles. The summed E-state index contributed by atoms with van der Waals surface area (Å²) in [5, 5.41) is 0.713. The molecule has 0 atom stereocenters. The second kappa shape index (κ2) is 10.6. The van der Waals surface area contributed by atoms with Crippen LogP contribution in [0.15, 0.2) is 65.1 Å². The maximum atomic E-state index is 13.5. The summed E-state index contributed by atoms with van der Waals surface area (Å²) in [6, 6.07) is 18.6. The second-order valence-electron chi connectivity index (χ2n) is 12.4. The van der Waals surface area contributed by atoms with Gasteiger partial charge in [-0.1, -0.05) is 36.4 Å². The lowest BCUT2D eigenvalue weighted by Crippen LogP contribution is -2.52. The number of amides is 1. The van der Waals surface area contributed by atoms with Crippen LogP contribution in [0, 0.1) is 6.92 Å². The third-order valence-corrected chi connectivity index (χ3v) is 8.25. The highest BCUT2D eigenvalue weighted by molar-refractivity contribution is 6.12. The van der Waals surface area contributed by atoms with Gasteiger partial charge in [-0.25, -0.2) is 4.79 Å². The Labute approximate surface area is 250 Å². The van der Waals surface area contributed by atoms with Crippen LogP contribution in [-0.4, -0.2) is 54.0 Å². The quantitative estimate of drug-likeness (QED) is 0.232. The van der Waals surface area contributed by atoms with Gasteiger partial charge in [0.15, 0.2) is 11.5 Å². The maximum Gasteiger partial charge on any atom is 0.410 e. The van der Waals surface area contributed by atoms with Gasteiger partial charge in [-0.3, -0.25) is 9.59 Å². The molecule has 43 heavy (non-hydrogen) atoms. The van der Waals surface area contributed by atoms with Crippen molar-refractivity contribution in [3.05, 3.63) is 83.1 Å². The first kappa shape index (κ1) is 28.5. The number of carbonyl (C=O) groups is 3. The third kappa shape index (κ3) is 5.49. The summed E-state index contributed by atoms with van der Waals surface area (Å²) < 4.78 is 23.3. The van der Waals surface area contributed by atoms with Crippen molar-refractivity contribution < 1.29 is 33.0 Å². The number of nitrogens with zero attached hydrogens (tertiary/aromatic N) is 1. The Morgan fingerprint density at radius 3 is 2.16 bits per heavy atom. The van der Waals surface area contributed by atoms with Gasteiger partial charge >= 0.3 is 6.09 Å². The predicted octanol–water partition coefficient (Wildman–Crippen LogP) is 7.38. The average molecular weight is 582 g/mol. The van der Waals surface area contributed by atoms with E-state index < -0.39 is 11.2 Å². The van der Waals surface area contributed by atoms with Crippen LogP contribution in [0.4, 0.5) is 4.79 Å². The number of Topliss-reactive ketones (excluding diaryl/α,β-unsaturated/α-hetero) is 1. The van der Waals surface area contributed by atoms with Crippen molar-refractivity contribution in [3.63, 3.8) is 0 Å². The SMILES string of the molecule is COc1ccc(-c2ccc(C(=O)c3oc4cc5c(cc4c3C)C(=O)CC3(CCN(C(=O)OC(C)(C)C)CC3)O5)cc2)cc1. The van der Waals surface area contributed by atoms with Crippen LogP contribution in [0.2, 0.25) is 0 Å². The topological polar surface area (TPSA) is 95.3 Å². The van der Waals surface area contributed by atoms with E-state index in [9.17, 15) is 14.4 Å². The van der Waals surface area contributed by atoms with Gasteiger partial charge in [0.1, 0.15) is 28.3 Å². The Hall–Kier alpha value is -4.59. The summed E-state index contributed by atoms with van der Waals surface area (Å²) in [5.74, 6) is 1.22. The van der Waals surface area contributed by atoms with Crippen LogP contribution < -0.4 is 9.47 Å². The van der Waals surface area contributed by atoms with Crippen molar-refractivity contribution in [2.45, 2.75) is 58.2 Å². The fraction of sp³-hybridized carbons (Fsp3) is 0.343. The Morgan fingerprint density at radius 1 is 0.930 bits per heavy atom. The normalized spacial score (nSPS) is 16.1. The van der Waals surface area contributed by atoms with Crippen molar-refractivity contribution in [2.24, 2.45) is 0 Å². The Bertz CT molecular complexity index is 1720. The molecular weight excluding hydrogens is 546 g/mol. The molecule has 3 aromatic carbocycles. The summed E-state index contributed by atoms with van der Waals surface area (Å²) in [6.07, 6.45) is 0.910. The van der Waals surface area contributed by atoms with E-state index in [4.69, 9.17) is 18.6 Å². The number of benzene rings is 3. The molecule has 0 bridgehead atoms. The lowest BCUT2D eigenvalue weighted by Gasteiger charge is -2.43. The largest absolute Gasteiger partial charge is 0.497 e. The average Bonchev–Trinajstić information content (AvgIpc) is 3.30. The minimum atomic E-state index is -0.692. The number of ether oxygens (including phenoxy) is 3. The number of hydrogen-bond acceptors (Lipinski definition) is 7. The number of rotatable bonds is 4. The Morgan fingerprint density at radius 2 is 1.56 bits per heavy atom. The van der Waals surface area contributed by atoms with E-state index in [1.807, 2.05) is 64.1 Å². The van der Waals surface area contributed by atoms with E-state index in [0.29, 0.717) is 59.3 Å². The Balaban J connectivity index is 1.22. The summed E-state index contributed by atoms with van der Waals surface area (Å²) in [7, 11) is 1.63. The molecule has 4 aromatic rings. The molecule has 0 unspecified atom stereocenters. The van der Waals surface area contributed by atoms with Crippen molar-refractivity contribution in [3.8, 4) is 22.6 Å². The fourth-order valence-corrected chi connectivity index (χ4v) is 5.85. The molecule has 0 radical (unpaired) electrons. The zero-order valence-electron chi connectivity index (χ0n) is 25.1. The number of aryl methyl sites for hydroxylation is 1. The van der Waals surface area contributed by atoms with Gasteiger partial charge < -0.3 is 23.5 Å². The van der Waals surface area contributed by atoms with Crippen LogP contribution in [-0.2, 0) is 4.74 Å². The molecule has 8 heteroatoms. The van der Waals surface area contributed by atoms with Crippen LogP contribution in [0.5, 0.6) is 11.5 Å². The second-order valence-corrected chi connectivity index (χ2v) is 12.4. The summed E-state index contributed by atoms with van der Waals surface area (Å²) in [4.78, 5) is 41.1. The zero-order chi connectivity index (χ0) is 30.5. The zero-order valence-corrected chi connectivity index (χ0v) is 25.1. The van der Waals surface area contributed by atoms with E-state index >= 15 is 0 Å². The van der Waals surface area contributed by atoms with Gasteiger partial charge in [0.25, 0.3) is 0 Å². The number of hydrogen-bond donors (Lipinski definition) is 0. The number of methoxy groups -OCH3 is 1. The van der Waals surface area contributed by atoms with Gasteiger partial charge in [-0.05, 0) is 57.0 Å². The van der Waals surface area contributed by atoms with E-state index in [0.717, 1.165) is 16.9 Å². The maximum absolute atomic E-state index is 13.5. The highest BCUT2D eigenvalue weighted by Crippen LogP contribution is 2.42. The number of fused-ring (bicyclic) bond motifs is 2. The predicted molar refractivity (Wildman–Crippen MR) is 162 cm³/mol. The summed E-state index contributed by atoms with van der Waals surface area (Å²) in [6.45, 7) is 8.23. The molecule has 222 valence electrons. The standard InChI is InChI=1S/C35H35NO7/c1-21-26-18-27-28(37)20-35(14-16-36(17-15-35)33(39)43-34(2,3)4)42-30(27)19-29(26)41-32(21)31(38)24-8-6-22(7-9-24)23-10-12-25(40-5)13-11-23/h6-13,18-19H,14-17,20H2,1-5H3. The van der Waals surface area contributed by atoms with E-state index in [2.05, 4.69) is 0 Å². The molecule has 1 aromatic heterocycles. The fourth-order valence-electron chi connectivity index (χ4n) is 5.85. The van der Waals surface area contributed by atoms with Gasteiger partial charge in [-0.2, -0.15) is 0 Å². The first-order valence-corrected chi connectivity index (χ1v) is 14.5. The molecular formula is C35H35NO7. The molecule has 6 rings (SSSR count). The third-order valence-electron chi connectivity index (χ3n) is 8.25. The first-order valence-electron chi connectivity index (χ1n) is 14.5. The van der Waals surface area contributed by atoms with Crippen molar-refractivity contribution in [2.75, 3.05) is 20.2 Å². The molecule has 3 heterocycles. The van der Waals surface area contributed by atoms with Crippen LogP contribution in [0.25, 0.3) is 22.1 Å². The van der Waals surface area contributed by atoms with Crippen molar-refractivity contribution >= 4 is 28.6 Å². The molecule has 1 amide bonds. The molecule has 1 fully saturated rings. The highest BCUT2D eigenvalue weighted by atomic mass is 16.6. The number of carbonyl (C=O) groups excluding carboxylic acids is 3. The van der Waals surface area contributed by atoms with Crippen LogP contribution in [0.3, 0.4) is 0 Å². The van der Waals surface area contributed by atoms with Crippen molar-refractivity contribution in [1.29, 1.82) is 0 Å². The van der Waals surface area contributed by atoms with Crippen LogP contribution in [0.1, 0.15) is 72.1 Å². The summed E-state index contributed by atoms with van der Waals surface area (Å²) in [5.41, 5.74) is 2.90. The molecule has 0 saturated carbocycles. The smallest absolute Gasteiger partial charge is 0.410 e. The number of furan rings is 1. The van der Waals surface area contributed by atoms with Crippen molar-refractivity contribution in [1.82, 2.24) is 4.90 Å². The minimum absolute atomic E-state index is 0.0172. The van der Waals surface area contributed by atoms with E-state index in [-0.39, 0.29) is 29.8 Å². The molecule has 1 saturated heterocycles. The summed E-state index contributed by atoms with van der Waals surface area (Å²) >= 11 is 0. The number of piperidine rings is 1. The molecule has 2 aliphatic rings. The number of likely N-dealkylation sites (tertiary alicyclic amines) is 1. The lowest BCUT2D eigenvalue weighted by molar-refractivity contribution is -0.0225. The monoisotopic (exact) mass is 581 g/mol. The van der Waals surface area contributed by atoms with Gasteiger partial charge in [-0.15, -0.1) is 0 Å². The van der Waals surface area contributed by atoms with Gasteiger partial charge in [0.2, 0.25) is 5.78 Å². The number of ketones is 2.